The van der Waals surface area contributed by atoms with Gasteiger partial charge in [0.25, 0.3) is 0 Å². The van der Waals surface area contributed by atoms with Crippen molar-refractivity contribution in [2.75, 3.05) is 5.32 Å². The first kappa shape index (κ1) is 17.8. The number of aryl methyl sites for hydroxylation is 1. The highest BCUT2D eigenvalue weighted by atomic mass is 32.2. The third kappa shape index (κ3) is 3.50. The molecule has 1 amide bonds. The molecule has 2 atom stereocenters. The largest absolute Gasteiger partial charge is 0.441 e. The first-order chi connectivity index (χ1) is 11.9. The predicted molar refractivity (Wildman–Crippen MR) is 94.7 cm³/mol. The van der Waals surface area contributed by atoms with Crippen molar-refractivity contribution in [3.8, 4) is 6.07 Å². The zero-order chi connectivity index (χ0) is 18.1. The summed E-state index contributed by atoms with van der Waals surface area (Å²) in [4.78, 5) is 25.3. The molecule has 0 saturated carbocycles. The van der Waals surface area contributed by atoms with Gasteiger partial charge in [0.15, 0.2) is 7.05 Å². The lowest BCUT2D eigenvalue weighted by Gasteiger charge is -2.17. The summed E-state index contributed by atoms with van der Waals surface area (Å²) in [6.45, 7) is 3.92. The Morgan fingerprint density at radius 2 is 2.36 bits per heavy atom. The molecule has 25 heavy (non-hydrogen) atoms. The summed E-state index contributed by atoms with van der Waals surface area (Å²) in [7, 11) is 1.64. The van der Waals surface area contributed by atoms with Crippen LogP contribution in [0.1, 0.15) is 36.3 Å². The van der Waals surface area contributed by atoms with Gasteiger partial charge in [0.05, 0.1) is 10.8 Å². The molecule has 1 aliphatic carbocycles. The van der Waals surface area contributed by atoms with Crippen molar-refractivity contribution < 1.29 is 14.0 Å². The number of aromatic amines is 1. The fourth-order valence-corrected chi connectivity index (χ4v) is 5.05. The average Bonchev–Trinajstić information content (AvgIpc) is 3.07. The van der Waals surface area contributed by atoms with Crippen molar-refractivity contribution in [1.29, 1.82) is 5.26 Å². The van der Waals surface area contributed by atoms with E-state index >= 15 is 0 Å². The van der Waals surface area contributed by atoms with E-state index in [2.05, 4.69) is 28.1 Å². The Morgan fingerprint density at radius 1 is 1.60 bits per heavy atom. The number of anilines is 1. The van der Waals surface area contributed by atoms with Crippen molar-refractivity contribution in [2.24, 2.45) is 13.0 Å². The number of thiophene rings is 1. The number of nitriles is 1. The van der Waals surface area contributed by atoms with Gasteiger partial charge in [0.2, 0.25) is 5.91 Å². The van der Waals surface area contributed by atoms with E-state index in [1.54, 1.807) is 14.0 Å². The number of thioether (sulfide) groups is 1. The zero-order valence-electron chi connectivity index (χ0n) is 14.2. The summed E-state index contributed by atoms with van der Waals surface area (Å²) in [5.74, 6) is 0.359. The van der Waals surface area contributed by atoms with Gasteiger partial charge in [-0.05, 0) is 54.7 Å². The molecule has 1 aliphatic rings. The van der Waals surface area contributed by atoms with Gasteiger partial charge in [-0.25, -0.2) is 4.79 Å². The molecule has 0 aromatic carbocycles. The van der Waals surface area contributed by atoms with Gasteiger partial charge in [-0.15, -0.1) is 11.3 Å². The Kier molecular flexibility index (Phi) is 5.01. The number of nitrogens with zero attached hydrogens (tertiary/aromatic N) is 2. The number of aromatic nitrogens is 2. The van der Waals surface area contributed by atoms with Crippen molar-refractivity contribution in [3.63, 3.8) is 0 Å². The molecule has 0 fully saturated rings. The van der Waals surface area contributed by atoms with E-state index in [-0.39, 0.29) is 5.91 Å². The minimum absolute atomic E-state index is 0.242. The van der Waals surface area contributed by atoms with E-state index in [4.69, 9.17) is 0 Å². The molecule has 2 N–H and O–H groups in total. The van der Waals surface area contributed by atoms with Gasteiger partial charge in [0, 0.05) is 4.88 Å². The summed E-state index contributed by atoms with van der Waals surface area (Å²) in [6, 6.07) is 2.24. The highest BCUT2D eigenvalue weighted by molar-refractivity contribution is 8.00. The quantitative estimate of drug-likeness (QED) is 0.624. The second-order valence-corrected chi connectivity index (χ2v) is 8.70. The fourth-order valence-electron chi connectivity index (χ4n) is 2.85. The van der Waals surface area contributed by atoms with Crippen LogP contribution in [0.2, 0.25) is 0 Å². The van der Waals surface area contributed by atoms with E-state index in [1.807, 2.05) is 0 Å². The van der Waals surface area contributed by atoms with Crippen LogP contribution in [0, 0.1) is 17.2 Å². The highest BCUT2D eigenvalue weighted by Crippen LogP contribution is 2.39. The number of carbonyl (C=O) groups is 1. The molecule has 0 saturated heterocycles. The van der Waals surface area contributed by atoms with E-state index < -0.39 is 10.9 Å². The van der Waals surface area contributed by atoms with Crippen molar-refractivity contribution >= 4 is 34.0 Å². The Labute approximate surface area is 153 Å². The lowest BCUT2D eigenvalue weighted by molar-refractivity contribution is -0.772. The maximum absolute atomic E-state index is 12.5. The van der Waals surface area contributed by atoms with E-state index in [0.29, 0.717) is 21.5 Å². The molecule has 7 nitrogen and oxygen atoms in total. The summed E-state index contributed by atoms with van der Waals surface area (Å²) < 4.78 is 6.12. The molecule has 2 unspecified atom stereocenters. The van der Waals surface area contributed by atoms with Crippen LogP contribution < -0.4 is 15.6 Å². The van der Waals surface area contributed by atoms with E-state index in [0.717, 1.165) is 36.6 Å². The SMILES string of the molecule is CC1CCc2c(sc(NC(=O)C(C)Sc3c(=O)o[nH][n+]3C)c2C#N)C1. The number of fused-ring (bicyclic) bond motifs is 1. The second-order valence-electron chi connectivity index (χ2n) is 6.26. The van der Waals surface area contributed by atoms with Gasteiger partial charge in [-0.1, -0.05) is 11.6 Å². The maximum atomic E-state index is 12.5. The molecule has 2 heterocycles. The molecule has 0 spiro atoms. The highest BCUT2D eigenvalue weighted by Gasteiger charge is 2.28. The van der Waals surface area contributed by atoms with Gasteiger partial charge < -0.3 is 5.32 Å². The Morgan fingerprint density at radius 3 is 3.00 bits per heavy atom. The molecule has 0 aliphatic heterocycles. The smallest absolute Gasteiger partial charge is 0.316 e. The number of hydrogen-bond donors (Lipinski definition) is 2. The standard InChI is InChI=1S/C16H18N4O3S2/c1-8-4-5-10-11(7-17)14(25-12(10)6-8)18-13(21)9(2)24-15-16(22)23-19-20(15)3/h8-9H,4-6H2,1-3H3,(H-,18,19,21,22)/p+1. The third-order valence-electron chi connectivity index (χ3n) is 4.27. The minimum atomic E-state index is -0.509. The molecule has 132 valence electrons. The maximum Gasteiger partial charge on any atom is 0.441 e. The van der Waals surface area contributed by atoms with Crippen LogP contribution in [0.15, 0.2) is 14.3 Å². The summed E-state index contributed by atoms with van der Waals surface area (Å²) in [5.41, 5.74) is 1.16. The molecule has 2 aromatic rings. The molecule has 3 rings (SSSR count). The van der Waals surface area contributed by atoms with Crippen LogP contribution in [-0.4, -0.2) is 16.4 Å². The van der Waals surface area contributed by atoms with Crippen LogP contribution in [0.3, 0.4) is 0 Å². The first-order valence-electron chi connectivity index (χ1n) is 8.00. The molecule has 2 aromatic heterocycles. The number of H-pyrrole nitrogens is 1. The van der Waals surface area contributed by atoms with Crippen LogP contribution in [0.4, 0.5) is 5.00 Å². The van der Waals surface area contributed by atoms with Crippen LogP contribution in [0.25, 0.3) is 0 Å². The first-order valence-corrected chi connectivity index (χ1v) is 9.70. The van der Waals surface area contributed by atoms with Crippen molar-refractivity contribution in [3.05, 3.63) is 26.4 Å². The summed E-state index contributed by atoms with van der Waals surface area (Å²) in [6.07, 6.45) is 2.91. The number of amides is 1. The molecule has 0 bridgehead atoms. The number of hydrogen-bond acceptors (Lipinski definition) is 6. The summed E-state index contributed by atoms with van der Waals surface area (Å²) >= 11 is 2.61. The zero-order valence-corrected chi connectivity index (χ0v) is 15.8. The number of rotatable bonds is 4. The topological polar surface area (TPSA) is 103 Å². The summed E-state index contributed by atoms with van der Waals surface area (Å²) in [5, 5.41) is 15.2. The van der Waals surface area contributed by atoms with E-state index in [9.17, 15) is 14.9 Å². The molecular weight excluding hydrogens is 360 g/mol. The third-order valence-corrected chi connectivity index (χ3v) is 6.67. The van der Waals surface area contributed by atoms with Gasteiger partial charge in [-0.3, -0.25) is 9.32 Å². The predicted octanol–water partition coefficient (Wildman–Crippen LogP) is 1.97. The lowest BCUT2D eigenvalue weighted by Crippen LogP contribution is -2.35. The van der Waals surface area contributed by atoms with Gasteiger partial charge >= 0.3 is 10.7 Å². The minimum Gasteiger partial charge on any atom is -0.316 e. The van der Waals surface area contributed by atoms with E-state index in [1.165, 1.54) is 20.9 Å². The normalized spacial score (nSPS) is 17.6. The Balaban J connectivity index is 1.77. The van der Waals surface area contributed by atoms with Crippen molar-refractivity contribution in [2.45, 2.75) is 43.4 Å². The molecule has 0 radical (unpaired) electrons. The Bertz CT molecular complexity index is 906. The fraction of sp³-hybridized carbons (Fsp3) is 0.500. The second kappa shape index (κ2) is 7.06. The van der Waals surface area contributed by atoms with Crippen LogP contribution >= 0.6 is 23.1 Å². The van der Waals surface area contributed by atoms with Gasteiger partial charge in [-0.2, -0.15) is 5.26 Å². The lowest BCUT2D eigenvalue weighted by atomic mass is 9.89. The molecular formula is C16H19N4O3S2+. The van der Waals surface area contributed by atoms with Crippen LogP contribution in [-0.2, 0) is 24.7 Å². The monoisotopic (exact) mass is 379 g/mol. The molecule has 9 heteroatoms. The van der Waals surface area contributed by atoms with Crippen LogP contribution in [0.5, 0.6) is 0 Å². The van der Waals surface area contributed by atoms with Crippen molar-refractivity contribution in [1.82, 2.24) is 5.27 Å². The Hall–Kier alpha value is -2.05. The van der Waals surface area contributed by atoms with Gasteiger partial charge in [0.1, 0.15) is 11.1 Å². The number of carbonyl (C=O) groups excluding carboxylic acids is 1. The average molecular weight is 379 g/mol. The number of nitrogens with one attached hydrogen (secondary N) is 2.